The number of rotatable bonds is 18. The molecule has 0 spiro atoms. The van der Waals surface area contributed by atoms with Crippen LogP contribution < -0.4 is 31.6 Å². The molecule has 0 radical (unpaired) electrons. The van der Waals surface area contributed by atoms with E-state index in [1.807, 2.05) is 0 Å². The molecule has 338 valence electrons. The molecule has 0 saturated carbocycles. The van der Waals surface area contributed by atoms with Gasteiger partial charge in [0.25, 0.3) is 0 Å². The highest BCUT2D eigenvalue weighted by Crippen LogP contribution is 2.22. The van der Waals surface area contributed by atoms with Crippen LogP contribution in [0.25, 0.3) is 0 Å². The SMILES string of the molecule is CC(C)[C@H](NC(=O)OC(C)(C)C)C(=O)ON=C(N)c1ccc(OCC2CCN(CCCOc3ccc(C(N)=NOC(=O)[C@@H](NC(=O)OC(C)(C)C)C(C)C)c(F)c3)CC2)cc1. The largest absolute Gasteiger partial charge is 0.493 e. The van der Waals surface area contributed by atoms with Crippen LogP contribution in [0.5, 0.6) is 11.5 Å². The number of hydrogen-bond donors (Lipinski definition) is 4. The fourth-order valence-electron chi connectivity index (χ4n) is 5.85. The molecule has 1 heterocycles. The molecule has 2 atom stereocenters. The first-order valence-corrected chi connectivity index (χ1v) is 20.5. The molecule has 1 aliphatic heterocycles. The summed E-state index contributed by atoms with van der Waals surface area (Å²) in [6.07, 6.45) is 1.14. The predicted molar refractivity (Wildman–Crippen MR) is 227 cm³/mol. The van der Waals surface area contributed by atoms with Gasteiger partial charge in [0.1, 0.15) is 40.6 Å². The topological polar surface area (TPSA) is 228 Å². The Morgan fingerprint density at radius 1 is 0.754 bits per heavy atom. The number of piperidine rings is 1. The number of likely N-dealkylation sites (tertiary alicyclic amines) is 1. The number of nitrogens with one attached hydrogen (secondary N) is 2. The number of nitrogens with two attached hydrogens (primary N) is 2. The van der Waals surface area contributed by atoms with Gasteiger partial charge in [-0.1, -0.05) is 38.0 Å². The number of carbonyl (C=O) groups excluding carboxylic acids is 4. The summed E-state index contributed by atoms with van der Waals surface area (Å²) >= 11 is 0. The van der Waals surface area contributed by atoms with Gasteiger partial charge in [-0.3, -0.25) is 0 Å². The van der Waals surface area contributed by atoms with Gasteiger partial charge in [-0.05, 0) is 128 Å². The fourth-order valence-corrected chi connectivity index (χ4v) is 5.85. The van der Waals surface area contributed by atoms with Gasteiger partial charge in [-0.25, -0.2) is 23.6 Å². The molecule has 2 aromatic rings. The van der Waals surface area contributed by atoms with E-state index in [-0.39, 0.29) is 29.1 Å². The molecule has 2 aromatic carbocycles. The van der Waals surface area contributed by atoms with Crippen molar-refractivity contribution in [2.45, 2.75) is 112 Å². The Kier molecular flexibility index (Phi) is 18.6. The Morgan fingerprint density at radius 3 is 1.72 bits per heavy atom. The molecule has 61 heavy (non-hydrogen) atoms. The molecule has 1 aliphatic rings. The minimum absolute atomic E-state index is 0.0105. The van der Waals surface area contributed by atoms with E-state index in [1.54, 1.807) is 99.6 Å². The number of carbonyl (C=O) groups is 4. The third kappa shape index (κ3) is 17.8. The second-order valence-corrected chi connectivity index (χ2v) is 17.5. The van der Waals surface area contributed by atoms with Crippen molar-refractivity contribution in [1.82, 2.24) is 15.5 Å². The Hall–Kier alpha value is -5.65. The number of oxime groups is 2. The van der Waals surface area contributed by atoms with Crippen LogP contribution >= 0.6 is 0 Å². The van der Waals surface area contributed by atoms with Gasteiger partial charge in [0.05, 0.1) is 18.8 Å². The zero-order valence-corrected chi connectivity index (χ0v) is 37.0. The molecule has 0 bridgehead atoms. The fraction of sp³-hybridized carbons (Fsp3) is 0.581. The van der Waals surface area contributed by atoms with Crippen LogP contribution in [0.1, 0.15) is 99.6 Å². The lowest BCUT2D eigenvalue weighted by atomic mass is 9.98. The van der Waals surface area contributed by atoms with Crippen LogP contribution in [-0.4, -0.2) is 96.8 Å². The van der Waals surface area contributed by atoms with Crippen molar-refractivity contribution in [2.75, 3.05) is 32.8 Å². The Balaban J connectivity index is 1.37. The highest BCUT2D eigenvalue weighted by molar-refractivity contribution is 5.98. The highest BCUT2D eigenvalue weighted by Gasteiger charge is 2.30. The molecule has 0 aromatic heterocycles. The maximum Gasteiger partial charge on any atom is 0.408 e. The van der Waals surface area contributed by atoms with E-state index in [4.69, 9.17) is 40.1 Å². The molecule has 0 unspecified atom stereocenters. The van der Waals surface area contributed by atoms with Crippen molar-refractivity contribution in [3.8, 4) is 11.5 Å². The van der Waals surface area contributed by atoms with E-state index in [0.29, 0.717) is 36.2 Å². The Labute approximate surface area is 358 Å². The van der Waals surface area contributed by atoms with Gasteiger partial charge in [-0.15, -0.1) is 0 Å². The Morgan fingerprint density at radius 2 is 1.25 bits per heavy atom. The van der Waals surface area contributed by atoms with Crippen LogP contribution in [0.3, 0.4) is 0 Å². The molecule has 2 amide bonds. The maximum atomic E-state index is 14.9. The minimum Gasteiger partial charge on any atom is -0.493 e. The predicted octanol–water partition coefficient (Wildman–Crippen LogP) is 5.81. The number of ether oxygens (including phenoxy) is 4. The van der Waals surface area contributed by atoms with Crippen LogP contribution in [0.4, 0.5) is 14.0 Å². The normalized spacial score (nSPS) is 15.4. The summed E-state index contributed by atoms with van der Waals surface area (Å²) in [6.45, 7) is 20.8. The number of amidine groups is 2. The third-order valence-electron chi connectivity index (χ3n) is 9.10. The number of halogens is 1. The van der Waals surface area contributed by atoms with Gasteiger partial charge < -0.3 is 55.6 Å². The molecule has 3 rings (SSSR count). The highest BCUT2D eigenvalue weighted by atomic mass is 19.1. The first kappa shape index (κ1) is 49.7. The van der Waals surface area contributed by atoms with Gasteiger partial charge in [0.15, 0.2) is 11.7 Å². The van der Waals surface area contributed by atoms with E-state index >= 15 is 0 Å². The monoisotopic (exact) mass is 857 g/mol. The number of benzene rings is 2. The molecule has 0 aliphatic carbocycles. The standard InChI is InChI=1S/C43H64FN7O10/c1-26(2)34(47-40(54)58-42(5,6)7)38(52)60-49-36(45)29-12-14-30(15-13-29)57-25-28-18-21-51(22-19-28)20-11-23-56-31-16-17-32(33(44)24-31)37(46)50-61-39(53)35(27(3)4)48-41(55)59-43(8,9)10/h12-17,24,26-28,34-35H,11,18-23,25H2,1-10H3,(H2,45,49)(H2,46,50)(H,47,54)(H,48,55)/t34-,35-/m0/s1. The number of amides is 2. The molecule has 17 nitrogen and oxygen atoms in total. The van der Waals surface area contributed by atoms with Crippen molar-refractivity contribution < 1.29 is 52.2 Å². The first-order valence-electron chi connectivity index (χ1n) is 20.5. The number of nitrogens with zero attached hydrogens (tertiary/aromatic N) is 3. The summed E-state index contributed by atoms with van der Waals surface area (Å²) in [5.41, 5.74) is 11.0. The molecular formula is C43H64FN7O10. The second kappa shape index (κ2) is 22.8. The number of hydrogen-bond acceptors (Lipinski definition) is 13. The quantitative estimate of drug-likeness (QED) is 0.0457. The van der Waals surface area contributed by atoms with Crippen LogP contribution in [-0.2, 0) is 28.7 Å². The van der Waals surface area contributed by atoms with E-state index in [9.17, 15) is 23.6 Å². The van der Waals surface area contributed by atoms with Crippen LogP contribution in [0, 0.1) is 23.6 Å². The lowest BCUT2D eigenvalue weighted by Crippen LogP contribution is -2.46. The smallest absolute Gasteiger partial charge is 0.408 e. The summed E-state index contributed by atoms with van der Waals surface area (Å²) in [4.78, 5) is 62.0. The summed E-state index contributed by atoms with van der Waals surface area (Å²) in [5.74, 6) is -1.99. The van der Waals surface area contributed by atoms with Crippen molar-refractivity contribution in [3.63, 3.8) is 0 Å². The van der Waals surface area contributed by atoms with Gasteiger partial charge >= 0.3 is 24.1 Å². The average Bonchev–Trinajstić information content (AvgIpc) is 3.16. The zero-order valence-electron chi connectivity index (χ0n) is 37.0. The molecule has 1 fully saturated rings. The van der Waals surface area contributed by atoms with Crippen molar-refractivity contribution in [1.29, 1.82) is 0 Å². The summed E-state index contributed by atoms with van der Waals surface area (Å²) < 4.78 is 37.2. The summed E-state index contributed by atoms with van der Waals surface area (Å²) in [5, 5.41) is 12.4. The molecule has 1 saturated heterocycles. The lowest BCUT2D eigenvalue weighted by molar-refractivity contribution is -0.148. The average molecular weight is 858 g/mol. The van der Waals surface area contributed by atoms with Crippen molar-refractivity contribution in [3.05, 3.63) is 59.4 Å². The van der Waals surface area contributed by atoms with E-state index < -0.39 is 53.2 Å². The van der Waals surface area contributed by atoms with Crippen LogP contribution in [0.2, 0.25) is 0 Å². The summed E-state index contributed by atoms with van der Waals surface area (Å²) in [7, 11) is 0. The number of alkyl carbamates (subject to hydrolysis) is 2. The third-order valence-corrected chi connectivity index (χ3v) is 9.10. The zero-order chi connectivity index (χ0) is 45.5. The summed E-state index contributed by atoms with van der Waals surface area (Å²) in [6, 6.07) is 9.07. The van der Waals surface area contributed by atoms with E-state index in [1.165, 1.54) is 12.1 Å². The van der Waals surface area contributed by atoms with Gasteiger partial charge in [-0.2, -0.15) is 0 Å². The minimum atomic E-state index is -1.07. The molecule has 18 heteroatoms. The first-order chi connectivity index (χ1) is 28.5. The van der Waals surface area contributed by atoms with E-state index in [0.717, 1.165) is 38.9 Å². The maximum absolute atomic E-state index is 14.9. The Bertz CT molecular complexity index is 1830. The van der Waals surface area contributed by atoms with Crippen LogP contribution in [0.15, 0.2) is 52.8 Å². The second-order valence-electron chi connectivity index (χ2n) is 17.5. The van der Waals surface area contributed by atoms with Crippen molar-refractivity contribution in [2.24, 2.45) is 39.5 Å². The molecular weight excluding hydrogens is 794 g/mol. The lowest BCUT2D eigenvalue weighted by Gasteiger charge is -2.31. The van der Waals surface area contributed by atoms with E-state index in [2.05, 4.69) is 25.8 Å². The van der Waals surface area contributed by atoms with Crippen molar-refractivity contribution >= 4 is 35.8 Å². The van der Waals surface area contributed by atoms with Gasteiger partial charge in [0.2, 0.25) is 0 Å². The molecule has 6 N–H and O–H groups in total. The van der Waals surface area contributed by atoms with Gasteiger partial charge in [0, 0.05) is 18.2 Å².